The van der Waals surface area contributed by atoms with E-state index < -0.39 is 11.6 Å². The molecule has 0 fully saturated rings. The highest BCUT2D eigenvalue weighted by atomic mass is 35.5. The van der Waals surface area contributed by atoms with Crippen LogP contribution in [0.25, 0.3) is 11.0 Å². The lowest BCUT2D eigenvalue weighted by Crippen LogP contribution is -2.04. The molecule has 0 amide bonds. The fourth-order valence-electron chi connectivity index (χ4n) is 2.09. The Bertz CT molecular complexity index is 883. The molecular weight excluding hydrogens is 298 g/mol. The summed E-state index contributed by atoms with van der Waals surface area (Å²) in [7, 11) is 0. The molecule has 0 saturated carbocycles. The van der Waals surface area contributed by atoms with E-state index in [9.17, 15) is 8.78 Å². The number of imidazole rings is 1. The van der Waals surface area contributed by atoms with Crippen LogP contribution in [0.2, 0.25) is 5.28 Å². The Labute approximate surface area is 123 Å². The molecule has 4 nitrogen and oxygen atoms in total. The molecule has 0 aliphatic rings. The molecule has 0 aliphatic heterocycles. The number of hydrogen-bond acceptors (Lipinski definition) is 3. The Morgan fingerprint density at radius 2 is 2.14 bits per heavy atom. The van der Waals surface area contributed by atoms with Gasteiger partial charge in [-0.05, 0) is 23.7 Å². The molecule has 0 atom stereocenters. The molecule has 0 spiro atoms. The normalized spacial score (nSPS) is 10.8. The lowest BCUT2D eigenvalue weighted by atomic mass is 10.2. The number of fused-ring (bicyclic) bond motifs is 1. The first-order valence-corrected chi connectivity index (χ1v) is 6.32. The lowest BCUT2D eigenvalue weighted by molar-refractivity contribution is 0.590. The maximum absolute atomic E-state index is 13.7. The first kappa shape index (κ1) is 13.5. The van der Waals surface area contributed by atoms with Crippen molar-refractivity contribution < 1.29 is 8.78 Å². The molecule has 0 saturated heterocycles. The van der Waals surface area contributed by atoms with Crippen LogP contribution in [0.1, 0.15) is 11.3 Å². The predicted octanol–water partition coefficient (Wildman–Crippen LogP) is 3.28. The third kappa shape index (κ3) is 2.32. The van der Waals surface area contributed by atoms with Crippen molar-refractivity contribution in [3.63, 3.8) is 0 Å². The maximum Gasteiger partial charge on any atom is 0.204 e. The van der Waals surface area contributed by atoms with E-state index in [-0.39, 0.29) is 22.9 Å². The predicted molar refractivity (Wildman–Crippen MR) is 72.7 cm³/mol. The van der Waals surface area contributed by atoms with Crippen LogP contribution in [0.3, 0.4) is 0 Å². The first-order valence-electron chi connectivity index (χ1n) is 5.95. The topological polar surface area (TPSA) is 54.5 Å². The van der Waals surface area contributed by atoms with Gasteiger partial charge in [-0.15, -0.1) is 0 Å². The zero-order valence-corrected chi connectivity index (χ0v) is 11.3. The van der Waals surface area contributed by atoms with Crippen molar-refractivity contribution in [1.82, 2.24) is 14.5 Å². The number of nitriles is 1. The second kappa shape index (κ2) is 5.11. The van der Waals surface area contributed by atoms with Gasteiger partial charge >= 0.3 is 0 Å². The monoisotopic (exact) mass is 304 g/mol. The minimum atomic E-state index is -0.785. The maximum atomic E-state index is 13.7. The van der Waals surface area contributed by atoms with E-state index in [0.29, 0.717) is 11.3 Å². The van der Waals surface area contributed by atoms with Crippen molar-refractivity contribution in [2.75, 3.05) is 0 Å². The molecule has 0 radical (unpaired) electrons. The molecule has 0 aliphatic carbocycles. The quantitative estimate of drug-likeness (QED) is 0.730. The smallest absolute Gasteiger partial charge is 0.204 e. The molecule has 7 heteroatoms. The van der Waals surface area contributed by atoms with Gasteiger partial charge in [-0.25, -0.2) is 13.8 Å². The summed E-state index contributed by atoms with van der Waals surface area (Å²) in [5, 5.41) is 9.05. The van der Waals surface area contributed by atoms with Crippen LogP contribution in [0, 0.1) is 23.0 Å². The summed E-state index contributed by atoms with van der Waals surface area (Å²) in [5.74, 6) is -1.51. The number of nitrogens with zero attached hydrogens (tertiary/aromatic N) is 4. The molecular formula is C14H7ClF2N4. The zero-order valence-electron chi connectivity index (χ0n) is 10.5. The van der Waals surface area contributed by atoms with Gasteiger partial charge in [-0.2, -0.15) is 5.26 Å². The van der Waals surface area contributed by atoms with E-state index in [1.807, 2.05) is 6.07 Å². The molecule has 1 aromatic carbocycles. The second-order valence-electron chi connectivity index (χ2n) is 4.33. The van der Waals surface area contributed by atoms with Gasteiger partial charge in [0, 0.05) is 18.3 Å². The van der Waals surface area contributed by atoms with Crippen molar-refractivity contribution in [3.8, 4) is 6.07 Å². The molecule has 2 heterocycles. The average molecular weight is 305 g/mol. The first-order chi connectivity index (χ1) is 10.1. The van der Waals surface area contributed by atoms with Crippen molar-refractivity contribution in [2.45, 2.75) is 6.54 Å². The number of halogens is 3. The van der Waals surface area contributed by atoms with Gasteiger partial charge in [0.2, 0.25) is 5.28 Å². The molecule has 0 N–H and O–H groups in total. The van der Waals surface area contributed by atoms with Crippen LogP contribution >= 0.6 is 11.6 Å². The minimum Gasteiger partial charge on any atom is -0.308 e. The molecule has 0 unspecified atom stereocenters. The summed E-state index contributed by atoms with van der Waals surface area (Å²) in [4.78, 5) is 7.98. The fourth-order valence-corrected chi connectivity index (χ4v) is 2.32. The van der Waals surface area contributed by atoms with Crippen LogP contribution in [0.4, 0.5) is 8.78 Å². The standard InChI is InChI=1S/C14H7ClF2N4/c15-14-20-13-10(17)4-9(16)5-12(13)21(14)7-11-8(6-18)2-1-3-19-11/h1-5H,7H2. The summed E-state index contributed by atoms with van der Waals surface area (Å²) in [5.41, 5.74) is 1.01. The Kier molecular flexibility index (Phi) is 3.28. The van der Waals surface area contributed by atoms with E-state index in [1.54, 1.807) is 12.1 Å². The van der Waals surface area contributed by atoms with Crippen molar-refractivity contribution in [3.05, 3.63) is 58.6 Å². The van der Waals surface area contributed by atoms with Crippen LogP contribution < -0.4 is 0 Å². The Morgan fingerprint density at radius 3 is 2.90 bits per heavy atom. The molecule has 0 bridgehead atoms. The second-order valence-corrected chi connectivity index (χ2v) is 4.67. The summed E-state index contributed by atoms with van der Waals surface area (Å²) in [6.07, 6.45) is 1.53. The van der Waals surface area contributed by atoms with E-state index >= 15 is 0 Å². The third-order valence-electron chi connectivity index (χ3n) is 3.04. The number of pyridine rings is 1. The number of benzene rings is 1. The largest absolute Gasteiger partial charge is 0.308 e. The molecule has 3 rings (SSSR count). The average Bonchev–Trinajstić information content (AvgIpc) is 2.77. The molecule has 3 aromatic rings. The number of aromatic nitrogens is 3. The highest BCUT2D eigenvalue weighted by Crippen LogP contribution is 2.24. The van der Waals surface area contributed by atoms with Gasteiger partial charge in [0.05, 0.1) is 23.3 Å². The van der Waals surface area contributed by atoms with Crippen molar-refractivity contribution in [2.24, 2.45) is 0 Å². The van der Waals surface area contributed by atoms with E-state index in [0.717, 1.165) is 12.1 Å². The lowest BCUT2D eigenvalue weighted by Gasteiger charge is -2.06. The molecule has 104 valence electrons. The van der Waals surface area contributed by atoms with E-state index in [1.165, 1.54) is 10.8 Å². The summed E-state index contributed by atoms with van der Waals surface area (Å²) < 4.78 is 28.5. The van der Waals surface area contributed by atoms with E-state index in [2.05, 4.69) is 9.97 Å². The summed E-state index contributed by atoms with van der Waals surface area (Å²) in [6, 6.07) is 7.15. The third-order valence-corrected chi connectivity index (χ3v) is 3.33. The van der Waals surface area contributed by atoms with Crippen molar-refractivity contribution >= 4 is 22.6 Å². The van der Waals surface area contributed by atoms with Gasteiger partial charge in [0.1, 0.15) is 17.4 Å². The Hall–Kier alpha value is -2.52. The van der Waals surface area contributed by atoms with Crippen LogP contribution in [0.15, 0.2) is 30.5 Å². The van der Waals surface area contributed by atoms with Crippen molar-refractivity contribution in [1.29, 1.82) is 5.26 Å². The fraction of sp³-hybridized carbons (Fsp3) is 0.0714. The summed E-state index contributed by atoms with van der Waals surface area (Å²) in [6.45, 7) is 0.0992. The van der Waals surface area contributed by atoms with Gasteiger partial charge in [0.25, 0.3) is 0 Å². The van der Waals surface area contributed by atoms with Gasteiger partial charge < -0.3 is 4.57 Å². The minimum absolute atomic E-state index is 0.00374. The molecule has 2 aromatic heterocycles. The van der Waals surface area contributed by atoms with Crippen LogP contribution in [-0.4, -0.2) is 14.5 Å². The van der Waals surface area contributed by atoms with Crippen LogP contribution in [-0.2, 0) is 6.54 Å². The van der Waals surface area contributed by atoms with Gasteiger partial charge in [-0.1, -0.05) is 0 Å². The SMILES string of the molecule is N#Cc1cccnc1Cn1c(Cl)nc2c(F)cc(F)cc21. The van der Waals surface area contributed by atoms with Gasteiger partial charge in [0.15, 0.2) is 5.82 Å². The molecule has 21 heavy (non-hydrogen) atoms. The Balaban J connectivity index is 2.17. The van der Waals surface area contributed by atoms with E-state index in [4.69, 9.17) is 16.9 Å². The highest BCUT2D eigenvalue weighted by molar-refractivity contribution is 6.29. The van der Waals surface area contributed by atoms with Gasteiger partial charge in [-0.3, -0.25) is 4.98 Å². The highest BCUT2D eigenvalue weighted by Gasteiger charge is 2.16. The summed E-state index contributed by atoms with van der Waals surface area (Å²) >= 11 is 5.99. The number of hydrogen-bond donors (Lipinski definition) is 0. The Morgan fingerprint density at radius 1 is 1.33 bits per heavy atom. The number of rotatable bonds is 2. The van der Waals surface area contributed by atoms with Crippen LogP contribution in [0.5, 0.6) is 0 Å². The zero-order chi connectivity index (χ0) is 15.0.